The third-order valence-corrected chi connectivity index (χ3v) is 2.89. The van der Waals surface area contributed by atoms with Gasteiger partial charge in [0.25, 0.3) is 0 Å². The molecule has 1 aromatic rings. The van der Waals surface area contributed by atoms with Crippen molar-refractivity contribution in [2.24, 2.45) is 0 Å². The summed E-state index contributed by atoms with van der Waals surface area (Å²) >= 11 is 0. The Labute approximate surface area is 96.9 Å². The summed E-state index contributed by atoms with van der Waals surface area (Å²) in [5, 5.41) is 0. The zero-order chi connectivity index (χ0) is 12.3. The highest BCUT2D eigenvalue weighted by Crippen LogP contribution is 2.24. The quantitative estimate of drug-likeness (QED) is 0.573. The predicted octanol–water partition coefficient (Wildman–Crippen LogP) is 3.46. The highest BCUT2D eigenvalue weighted by molar-refractivity contribution is 6.08. The van der Waals surface area contributed by atoms with Gasteiger partial charge >= 0.3 is 0 Å². The third kappa shape index (κ3) is 2.32. The number of allylic oxidation sites excluding steroid dienone is 2. The molecule has 0 aliphatic carbocycles. The topological polar surface area (TPSA) is 26.3 Å². The summed E-state index contributed by atoms with van der Waals surface area (Å²) in [5.74, 6) is 0.830. The van der Waals surface area contributed by atoms with E-state index in [9.17, 15) is 4.79 Å². The lowest BCUT2D eigenvalue weighted by Crippen LogP contribution is -2.03. The number of carbonyl (C=O) groups is 1. The van der Waals surface area contributed by atoms with E-state index in [4.69, 9.17) is 4.74 Å². The molecule has 16 heavy (non-hydrogen) atoms. The summed E-state index contributed by atoms with van der Waals surface area (Å²) in [4.78, 5) is 12.0. The lowest BCUT2D eigenvalue weighted by atomic mass is 9.99. The van der Waals surface area contributed by atoms with Crippen LogP contribution in [0.15, 0.2) is 23.8 Å². The highest BCUT2D eigenvalue weighted by Gasteiger charge is 2.11. The van der Waals surface area contributed by atoms with Gasteiger partial charge in [-0.1, -0.05) is 6.08 Å². The molecule has 0 amide bonds. The van der Waals surface area contributed by atoms with Crippen molar-refractivity contribution in [1.82, 2.24) is 0 Å². The van der Waals surface area contributed by atoms with E-state index in [0.717, 1.165) is 22.4 Å². The van der Waals surface area contributed by atoms with Gasteiger partial charge in [-0.25, -0.2) is 0 Å². The van der Waals surface area contributed by atoms with E-state index in [1.807, 2.05) is 39.8 Å². The first-order valence-corrected chi connectivity index (χ1v) is 5.34. The number of methoxy groups -OCH3 is 1. The molecule has 86 valence electrons. The van der Waals surface area contributed by atoms with Gasteiger partial charge in [-0.15, -0.1) is 0 Å². The van der Waals surface area contributed by atoms with Gasteiger partial charge in [0.1, 0.15) is 5.75 Å². The number of rotatable bonds is 3. The maximum atomic E-state index is 12.0. The van der Waals surface area contributed by atoms with Crippen molar-refractivity contribution in [2.75, 3.05) is 7.11 Å². The maximum absolute atomic E-state index is 12.0. The van der Waals surface area contributed by atoms with Crippen LogP contribution < -0.4 is 4.74 Å². The number of Topliss-reactive ketones (excluding diaryl/α,β-unsaturated/α-hetero) is 1. The van der Waals surface area contributed by atoms with Crippen molar-refractivity contribution >= 4 is 5.78 Å². The fraction of sp³-hybridized carbons (Fsp3) is 0.357. The van der Waals surface area contributed by atoms with Crippen LogP contribution in [0.1, 0.15) is 35.3 Å². The van der Waals surface area contributed by atoms with E-state index in [1.54, 1.807) is 13.2 Å². The van der Waals surface area contributed by atoms with Crippen LogP contribution in [0.4, 0.5) is 0 Å². The van der Waals surface area contributed by atoms with Gasteiger partial charge < -0.3 is 4.74 Å². The second-order valence-electron chi connectivity index (χ2n) is 3.92. The molecular formula is C14H18O2. The Morgan fingerprint density at radius 2 is 1.94 bits per heavy atom. The van der Waals surface area contributed by atoms with Crippen molar-refractivity contribution in [3.63, 3.8) is 0 Å². The zero-order valence-corrected chi connectivity index (χ0v) is 10.5. The lowest BCUT2D eigenvalue weighted by Gasteiger charge is -2.10. The lowest BCUT2D eigenvalue weighted by molar-refractivity contribution is 0.103. The molecule has 0 saturated heterocycles. The van der Waals surface area contributed by atoms with E-state index in [1.165, 1.54) is 0 Å². The van der Waals surface area contributed by atoms with Crippen LogP contribution in [0.3, 0.4) is 0 Å². The zero-order valence-electron chi connectivity index (χ0n) is 10.5. The van der Waals surface area contributed by atoms with Crippen molar-refractivity contribution in [3.05, 3.63) is 40.5 Å². The van der Waals surface area contributed by atoms with E-state index in [2.05, 4.69) is 0 Å². The number of ketones is 1. The molecule has 0 bridgehead atoms. The highest BCUT2D eigenvalue weighted by atomic mass is 16.5. The number of ether oxygens (including phenoxy) is 1. The average molecular weight is 218 g/mol. The van der Waals surface area contributed by atoms with Crippen LogP contribution in [0.2, 0.25) is 0 Å². The molecule has 0 aliphatic heterocycles. The van der Waals surface area contributed by atoms with Crippen molar-refractivity contribution in [3.8, 4) is 5.75 Å². The van der Waals surface area contributed by atoms with Crippen LogP contribution in [-0.4, -0.2) is 12.9 Å². The molecule has 1 rings (SSSR count). The third-order valence-electron chi connectivity index (χ3n) is 2.89. The normalized spacial score (nSPS) is 11.4. The molecule has 0 heterocycles. The van der Waals surface area contributed by atoms with Crippen molar-refractivity contribution in [1.29, 1.82) is 0 Å². The van der Waals surface area contributed by atoms with Gasteiger partial charge in [0, 0.05) is 5.56 Å². The molecule has 1 aromatic carbocycles. The second kappa shape index (κ2) is 4.97. The predicted molar refractivity (Wildman–Crippen MR) is 66.2 cm³/mol. The molecule has 2 nitrogen and oxygen atoms in total. The van der Waals surface area contributed by atoms with Gasteiger partial charge in [-0.2, -0.15) is 0 Å². The molecule has 0 fully saturated rings. The van der Waals surface area contributed by atoms with E-state index in [0.29, 0.717) is 5.56 Å². The number of carbonyl (C=O) groups excluding carboxylic acids is 1. The van der Waals surface area contributed by atoms with Crippen LogP contribution in [0, 0.1) is 13.8 Å². The molecule has 0 unspecified atom stereocenters. The second-order valence-corrected chi connectivity index (χ2v) is 3.92. The first-order chi connectivity index (χ1) is 7.51. The van der Waals surface area contributed by atoms with Crippen molar-refractivity contribution in [2.45, 2.75) is 27.7 Å². The van der Waals surface area contributed by atoms with Crippen LogP contribution in [0.25, 0.3) is 0 Å². The summed E-state index contributed by atoms with van der Waals surface area (Å²) in [7, 11) is 1.62. The largest absolute Gasteiger partial charge is 0.496 e. The van der Waals surface area contributed by atoms with Crippen molar-refractivity contribution < 1.29 is 9.53 Å². The van der Waals surface area contributed by atoms with E-state index < -0.39 is 0 Å². The Morgan fingerprint density at radius 1 is 1.31 bits per heavy atom. The number of aryl methyl sites for hydroxylation is 1. The number of hydrogen-bond acceptors (Lipinski definition) is 2. The Balaban J connectivity index is 3.27. The molecule has 0 saturated carbocycles. The fourth-order valence-electron chi connectivity index (χ4n) is 1.53. The molecule has 2 heteroatoms. The molecule has 0 aromatic heterocycles. The Bertz CT molecular complexity index is 442. The Hall–Kier alpha value is -1.57. The Kier molecular flexibility index (Phi) is 3.88. The first kappa shape index (κ1) is 12.5. The van der Waals surface area contributed by atoms with Gasteiger partial charge in [0.2, 0.25) is 0 Å². The molecular weight excluding hydrogens is 200 g/mol. The average Bonchev–Trinajstić information content (AvgIpc) is 2.30. The first-order valence-electron chi connectivity index (χ1n) is 5.34. The SMILES string of the molecule is C/C=C(\C)C(=O)c1cc(C)c(C)c(OC)c1. The molecule has 0 spiro atoms. The standard InChI is InChI=1S/C14H18O2/c1-6-9(2)14(15)12-7-10(3)11(4)13(8-12)16-5/h6-8H,1-5H3/b9-6+. The van der Waals surface area contributed by atoms with Crippen LogP contribution in [-0.2, 0) is 0 Å². The molecule has 0 radical (unpaired) electrons. The van der Waals surface area contributed by atoms with Gasteiger partial charge in [-0.3, -0.25) is 4.79 Å². The minimum absolute atomic E-state index is 0.0592. The number of benzene rings is 1. The molecule has 0 aliphatic rings. The van der Waals surface area contributed by atoms with Crippen LogP contribution in [0.5, 0.6) is 5.75 Å². The minimum Gasteiger partial charge on any atom is -0.496 e. The summed E-state index contributed by atoms with van der Waals surface area (Å²) in [5.41, 5.74) is 3.60. The molecule has 0 atom stereocenters. The van der Waals surface area contributed by atoms with Gasteiger partial charge in [-0.05, 0) is 56.5 Å². The summed E-state index contributed by atoms with van der Waals surface area (Å²) in [6, 6.07) is 3.71. The monoisotopic (exact) mass is 218 g/mol. The van der Waals surface area contributed by atoms with Crippen LogP contribution >= 0.6 is 0 Å². The summed E-state index contributed by atoms with van der Waals surface area (Å²) in [6.07, 6.45) is 1.82. The minimum atomic E-state index is 0.0592. The Morgan fingerprint density at radius 3 is 2.44 bits per heavy atom. The van der Waals surface area contributed by atoms with E-state index in [-0.39, 0.29) is 5.78 Å². The number of hydrogen-bond donors (Lipinski definition) is 0. The van der Waals surface area contributed by atoms with E-state index >= 15 is 0 Å². The fourth-order valence-corrected chi connectivity index (χ4v) is 1.53. The van der Waals surface area contributed by atoms with Gasteiger partial charge in [0.15, 0.2) is 5.78 Å². The summed E-state index contributed by atoms with van der Waals surface area (Å²) in [6.45, 7) is 7.67. The van der Waals surface area contributed by atoms with Gasteiger partial charge in [0.05, 0.1) is 7.11 Å². The maximum Gasteiger partial charge on any atom is 0.188 e. The molecule has 0 N–H and O–H groups in total. The summed E-state index contributed by atoms with van der Waals surface area (Å²) < 4.78 is 5.26. The smallest absolute Gasteiger partial charge is 0.188 e.